The van der Waals surface area contributed by atoms with Crippen molar-refractivity contribution < 1.29 is 0 Å². The highest BCUT2D eigenvalue weighted by Crippen LogP contribution is 2.38. The van der Waals surface area contributed by atoms with Gasteiger partial charge in [-0.2, -0.15) is 0 Å². The highest BCUT2D eigenvalue weighted by molar-refractivity contribution is 7.20. The van der Waals surface area contributed by atoms with Crippen LogP contribution in [-0.2, 0) is 0 Å². The van der Waals surface area contributed by atoms with Gasteiger partial charge in [0.1, 0.15) is 0 Å². The first-order chi connectivity index (χ1) is 21.7. The molecule has 0 unspecified atom stereocenters. The van der Waals surface area contributed by atoms with Gasteiger partial charge in [0.25, 0.3) is 0 Å². The monoisotopic (exact) mass is 581 g/mol. The second kappa shape index (κ2) is 11.8. The van der Waals surface area contributed by atoms with Crippen LogP contribution in [0.5, 0.6) is 0 Å². The number of nitrogens with zero attached hydrogens (tertiary/aromatic N) is 1. The maximum absolute atomic E-state index is 2.95. The van der Waals surface area contributed by atoms with E-state index in [2.05, 4.69) is 194 Å². The van der Waals surface area contributed by atoms with Gasteiger partial charge in [-0.15, -0.1) is 0 Å². The summed E-state index contributed by atoms with van der Waals surface area (Å²) in [5.41, 5.74) is 8.73. The smallest absolute Gasteiger partial charge is 0.200 e. The van der Waals surface area contributed by atoms with Gasteiger partial charge in [0.05, 0.1) is 0 Å². The summed E-state index contributed by atoms with van der Waals surface area (Å²) in [6.07, 6.45) is 0. The second-order valence-electron chi connectivity index (χ2n) is 11.4. The molecule has 0 saturated carbocycles. The molecule has 7 aromatic rings. The van der Waals surface area contributed by atoms with Gasteiger partial charge in [-0.05, 0) is 58.2 Å². The van der Waals surface area contributed by atoms with Gasteiger partial charge >= 0.3 is 0 Å². The molecule has 0 aliphatic heterocycles. The van der Waals surface area contributed by atoms with Crippen molar-refractivity contribution in [2.24, 2.45) is 0 Å². The molecule has 0 amide bonds. The molecule has 44 heavy (non-hydrogen) atoms. The SMILES string of the molecule is Cc1cccc(-n2c(C)c(-c3ccccc3)c(-c3ccccc3)c2[Si](c2ccccc2)(c2ccccc2)c2ccccc2)c1. The van der Waals surface area contributed by atoms with Crippen molar-refractivity contribution in [1.82, 2.24) is 4.57 Å². The molecule has 0 spiro atoms. The van der Waals surface area contributed by atoms with Crippen LogP contribution in [0.15, 0.2) is 176 Å². The van der Waals surface area contributed by atoms with Crippen molar-refractivity contribution in [3.8, 4) is 27.9 Å². The summed E-state index contributed by atoms with van der Waals surface area (Å²) in [5, 5.41) is 5.45. The molecular formula is C42H35NSi. The molecule has 1 nitrogen and oxygen atoms in total. The molecule has 6 aromatic carbocycles. The number of benzene rings is 6. The lowest BCUT2D eigenvalue weighted by Gasteiger charge is -2.36. The van der Waals surface area contributed by atoms with Gasteiger partial charge in [-0.25, -0.2) is 0 Å². The average molecular weight is 582 g/mol. The molecule has 0 atom stereocenters. The van der Waals surface area contributed by atoms with Crippen molar-refractivity contribution in [2.45, 2.75) is 13.8 Å². The summed E-state index contributed by atoms with van der Waals surface area (Å²) in [6, 6.07) is 64.7. The quantitative estimate of drug-likeness (QED) is 0.134. The molecule has 0 saturated heterocycles. The minimum Gasteiger partial charge on any atom is -0.320 e. The Kier molecular flexibility index (Phi) is 7.43. The van der Waals surface area contributed by atoms with Gasteiger partial charge < -0.3 is 4.57 Å². The van der Waals surface area contributed by atoms with Gasteiger partial charge in [-0.1, -0.05) is 164 Å². The van der Waals surface area contributed by atoms with Crippen LogP contribution in [0.25, 0.3) is 27.9 Å². The predicted molar refractivity (Wildman–Crippen MR) is 190 cm³/mol. The molecule has 0 radical (unpaired) electrons. The van der Waals surface area contributed by atoms with E-state index in [-0.39, 0.29) is 0 Å². The summed E-state index contributed by atoms with van der Waals surface area (Å²) >= 11 is 0. The fourth-order valence-corrected chi connectivity index (χ4v) is 12.1. The summed E-state index contributed by atoms with van der Waals surface area (Å²) in [4.78, 5) is 0. The van der Waals surface area contributed by atoms with E-state index in [0.29, 0.717) is 0 Å². The minimum absolute atomic E-state index is 1.19. The standard InChI is InChI=1S/C42H35NSi/c1-32-19-18-24-36(31-32)43-33(2)40(34-20-8-3-9-21-34)41(35-22-10-4-11-23-35)42(43)44(37-25-12-5-13-26-37,38-27-14-6-15-28-38)39-29-16-7-17-30-39/h3-31H,1-2H3. The van der Waals surface area contributed by atoms with Crippen LogP contribution in [0.1, 0.15) is 11.3 Å². The van der Waals surface area contributed by atoms with Crippen LogP contribution >= 0.6 is 0 Å². The highest BCUT2D eigenvalue weighted by atomic mass is 28.3. The van der Waals surface area contributed by atoms with E-state index in [1.807, 2.05) is 0 Å². The molecule has 0 aliphatic rings. The predicted octanol–water partition coefficient (Wildman–Crippen LogP) is 7.81. The number of aryl methyl sites for hydroxylation is 1. The lowest BCUT2D eigenvalue weighted by Crippen LogP contribution is -2.76. The summed E-state index contributed by atoms with van der Waals surface area (Å²) < 4.78 is 2.59. The zero-order valence-corrected chi connectivity index (χ0v) is 26.2. The summed E-state index contributed by atoms with van der Waals surface area (Å²) in [7, 11) is -2.95. The van der Waals surface area contributed by atoms with Gasteiger partial charge in [0, 0.05) is 27.8 Å². The molecule has 1 heterocycles. The lowest BCUT2D eigenvalue weighted by molar-refractivity contribution is 1.04. The first-order valence-corrected chi connectivity index (χ1v) is 17.3. The fraction of sp³-hybridized carbons (Fsp3) is 0.0476. The van der Waals surface area contributed by atoms with E-state index in [9.17, 15) is 0 Å². The van der Waals surface area contributed by atoms with Gasteiger partial charge in [-0.3, -0.25) is 0 Å². The first-order valence-electron chi connectivity index (χ1n) is 15.3. The Morgan fingerprint density at radius 3 is 1.25 bits per heavy atom. The number of aromatic nitrogens is 1. The van der Waals surface area contributed by atoms with Gasteiger partial charge in [0.2, 0.25) is 8.07 Å². The second-order valence-corrected chi connectivity index (χ2v) is 15.1. The van der Waals surface area contributed by atoms with Crippen molar-refractivity contribution in [3.63, 3.8) is 0 Å². The van der Waals surface area contributed by atoms with Crippen LogP contribution in [0.4, 0.5) is 0 Å². The number of rotatable bonds is 7. The summed E-state index contributed by atoms with van der Waals surface area (Å²) in [5.74, 6) is 0. The molecule has 0 bridgehead atoms. The Balaban J connectivity index is 1.78. The zero-order valence-electron chi connectivity index (χ0n) is 25.2. The van der Waals surface area contributed by atoms with E-state index >= 15 is 0 Å². The van der Waals surface area contributed by atoms with Crippen LogP contribution in [0.2, 0.25) is 0 Å². The maximum atomic E-state index is 2.59. The first kappa shape index (κ1) is 27.6. The molecule has 1 aromatic heterocycles. The minimum atomic E-state index is -2.95. The fourth-order valence-electron chi connectivity index (χ4n) is 6.95. The van der Waals surface area contributed by atoms with E-state index in [1.54, 1.807) is 0 Å². The number of hydrogen-bond acceptors (Lipinski definition) is 0. The van der Waals surface area contributed by atoms with E-state index in [1.165, 1.54) is 60.1 Å². The lowest BCUT2D eigenvalue weighted by atomic mass is 9.97. The van der Waals surface area contributed by atoms with Crippen LogP contribution in [-0.4, -0.2) is 12.6 Å². The van der Waals surface area contributed by atoms with Crippen LogP contribution in [0.3, 0.4) is 0 Å². The molecule has 0 aliphatic carbocycles. The maximum Gasteiger partial charge on any atom is 0.200 e. The molecule has 7 rings (SSSR count). The Labute approximate surface area is 261 Å². The van der Waals surface area contributed by atoms with Crippen molar-refractivity contribution >= 4 is 29.0 Å². The third-order valence-corrected chi connectivity index (χ3v) is 13.6. The molecule has 0 N–H and O–H groups in total. The number of hydrogen-bond donors (Lipinski definition) is 0. The highest BCUT2D eigenvalue weighted by Gasteiger charge is 2.47. The van der Waals surface area contributed by atoms with Crippen molar-refractivity contribution in [3.05, 3.63) is 187 Å². The van der Waals surface area contributed by atoms with Crippen molar-refractivity contribution in [2.75, 3.05) is 0 Å². The van der Waals surface area contributed by atoms with Gasteiger partial charge in [0.15, 0.2) is 0 Å². The Morgan fingerprint density at radius 2 is 0.818 bits per heavy atom. The third kappa shape index (κ3) is 4.65. The largest absolute Gasteiger partial charge is 0.320 e. The molecule has 2 heteroatoms. The normalized spacial score (nSPS) is 11.4. The van der Waals surface area contributed by atoms with Crippen LogP contribution < -0.4 is 20.9 Å². The zero-order chi connectivity index (χ0) is 29.9. The van der Waals surface area contributed by atoms with E-state index in [4.69, 9.17) is 0 Å². The molecule has 212 valence electrons. The van der Waals surface area contributed by atoms with Crippen LogP contribution in [0, 0.1) is 13.8 Å². The van der Waals surface area contributed by atoms with E-state index in [0.717, 1.165) is 0 Å². The van der Waals surface area contributed by atoms with E-state index < -0.39 is 8.07 Å². The van der Waals surface area contributed by atoms with Crippen molar-refractivity contribution in [1.29, 1.82) is 0 Å². The average Bonchev–Trinajstić information content (AvgIpc) is 3.40. The molecule has 0 fully saturated rings. The Bertz CT molecular complexity index is 1900. The molecular weight excluding hydrogens is 547 g/mol. The third-order valence-electron chi connectivity index (χ3n) is 8.77. The Hall–Kier alpha value is -5.18. The summed E-state index contributed by atoms with van der Waals surface area (Å²) in [6.45, 7) is 4.50. The topological polar surface area (TPSA) is 4.93 Å². The Morgan fingerprint density at radius 1 is 0.409 bits per heavy atom.